The fourth-order valence-corrected chi connectivity index (χ4v) is 3.37. The monoisotopic (exact) mass is 352 g/mol. The number of allylic oxidation sites excluding steroid dienone is 1. The molecule has 1 aliphatic rings. The Morgan fingerprint density at radius 1 is 0.962 bits per heavy atom. The Balaban J connectivity index is 1.94. The molecule has 1 aliphatic heterocycles. The standard InChI is InChI=1S/C22H24O4/c1-2-3-15-22(16-14-19(23)24)25-20(17-10-6-4-7-11-17)21(26-22)18-12-8-5-9-13-18/h2,4-13,20-21H,1,3,14-16H2,(H,23,24)/t20-,21-/m1/s1. The Morgan fingerprint density at radius 2 is 1.46 bits per heavy atom. The summed E-state index contributed by atoms with van der Waals surface area (Å²) in [4.78, 5) is 11.1. The van der Waals surface area contributed by atoms with E-state index in [1.54, 1.807) is 0 Å². The summed E-state index contributed by atoms with van der Waals surface area (Å²) in [5.74, 6) is -1.78. The molecule has 1 saturated heterocycles. The summed E-state index contributed by atoms with van der Waals surface area (Å²) < 4.78 is 12.8. The van der Waals surface area contributed by atoms with E-state index in [1.165, 1.54) is 0 Å². The molecule has 3 rings (SSSR count). The lowest BCUT2D eigenvalue weighted by Gasteiger charge is -2.27. The van der Waals surface area contributed by atoms with Crippen LogP contribution in [0.25, 0.3) is 0 Å². The highest BCUT2D eigenvalue weighted by Gasteiger charge is 2.48. The number of rotatable bonds is 8. The number of carboxylic acid groups (broad SMARTS) is 1. The number of hydrogen-bond donors (Lipinski definition) is 1. The zero-order valence-corrected chi connectivity index (χ0v) is 14.7. The minimum atomic E-state index is -0.923. The van der Waals surface area contributed by atoms with Gasteiger partial charge in [-0.2, -0.15) is 0 Å². The Hall–Kier alpha value is -2.43. The van der Waals surface area contributed by atoms with Crippen LogP contribution in [0.2, 0.25) is 0 Å². The van der Waals surface area contributed by atoms with Crippen molar-refractivity contribution in [1.82, 2.24) is 0 Å². The molecule has 1 fully saturated rings. The van der Waals surface area contributed by atoms with Gasteiger partial charge in [0.25, 0.3) is 0 Å². The minimum Gasteiger partial charge on any atom is -0.481 e. The van der Waals surface area contributed by atoms with Crippen LogP contribution in [-0.4, -0.2) is 16.9 Å². The Bertz CT molecular complexity index is 679. The van der Waals surface area contributed by atoms with Crippen molar-refractivity contribution in [2.75, 3.05) is 0 Å². The first-order valence-corrected chi connectivity index (χ1v) is 8.92. The molecule has 0 unspecified atom stereocenters. The van der Waals surface area contributed by atoms with E-state index >= 15 is 0 Å². The summed E-state index contributed by atoms with van der Waals surface area (Å²) in [6, 6.07) is 19.9. The molecule has 2 aromatic carbocycles. The van der Waals surface area contributed by atoms with E-state index in [-0.39, 0.29) is 18.6 Å². The van der Waals surface area contributed by atoms with E-state index < -0.39 is 11.8 Å². The van der Waals surface area contributed by atoms with Crippen LogP contribution < -0.4 is 0 Å². The van der Waals surface area contributed by atoms with Crippen LogP contribution in [0, 0.1) is 0 Å². The van der Waals surface area contributed by atoms with Gasteiger partial charge in [0.15, 0.2) is 5.79 Å². The zero-order valence-electron chi connectivity index (χ0n) is 14.7. The van der Waals surface area contributed by atoms with Crippen molar-refractivity contribution < 1.29 is 19.4 Å². The molecule has 0 aromatic heterocycles. The number of hydrogen-bond acceptors (Lipinski definition) is 3. The summed E-state index contributed by atoms with van der Waals surface area (Å²) in [7, 11) is 0. The molecule has 2 aromatic rings. The number of carboxylic acids is 1. The van der Waals surface area contributed by atoms with Gasteiger partial charge in [0.2, 0.25) is 0 Å². The molecule has 0 bridgehead atoms. The van der Waals surface area contributed by atoms with Gasteiger partial charge in [-0.15, -0.1) is 6.58 Å². The quantitative estimate of drug-likeness (QED) is 0.676. The molecule has 1 heterocycles. The topological polar surface area (TPSA) is 55.8 Å². The summed E-state index contributed by atoms with van der Waals surface area (Å²) in [6.07, 6.45) is 2.83. The predicted octanol–water partition coefficient (Wildman–Crippen LogP) is 5.04. The number of carbonyl (C=O) groups is 1. The van der Waals surface area contributed by atoms with Crippen LogP contribution in [0.5, 0.6) is 0 Å². The molecule has 0 radical (unpaired) electrons. The van der Waals surface area contributed by atoms with Gasteiger partial charge >= 0.3 is 5.97 Å². The highest BCUT2D eigenvalue weighted by molar-refractivity contribution is 5.66. The first kappa shape index (κ1) is 18.4. The largest absolute Gasteiger partial charge is 0.481 e. The molecule has 26 heavy (non-hydrogen) atoms. The van der Waals surface area contributed by atoms with Gasteiger partial charge in [0.05, 0.1) is 6.42 Å². The van der Waals surface area contributed by atoms with Crippen molar-refractivity contribution in [3.63, 3.8) is 0 Å². The van der Waals surface area contributed by atoms with Gasteiger partial charge in [-0.1, -0.05) is 66.7 Å². The van der Waals surface area contributed by atoms with E-state index in [0.29, 0.717) is 19.3 Å². The summed E-state index contributed by atoms with van der Waals surface area (Å²) in [5, 5.41) is 9.15. The molecular weight excluding hydrogens is 328 g/mol. The predicted molar refractivity (Wildman–Crippen MR) is 99.6 cm³/mol. The van der Waals surface area contributed by atoms with E-state index in [1.807, 2.05) is 66.7 Å². The van der Waals surface area contributed by atoms with Gasteiger partial charge in [-0.05, 0) is 17.5 Å². The van der Waals surface area contributed by atoms with Crippen LogP contribution in [0.4, 0.5) is 0 Å². The maximum absolute atomic E-state index is 11.1. The SMILES string of the molecule is C=CCCC1(CCC(=O)O)O[C@H](c2ccccc2)[C@@H](c2ccccc2)O1. The molecule has 0 saturated carbocycles. The summed E-state index contributed by atoms with van der Waals surface area (Å²) >= 11 is 0. The maximum atomic E-state index is 11.1. The fourth-order valence-electron chi connectivity index (χ4n) is 3.37. The van der Waals surface area contributed by atoms with Crippen molar-refractivity contribution in [2.45, 2.75) is 43.7 Å². The van der Waals surface area contributed by atoms with Crippen LogP contribution in [-0.2, 0) is 14.3 Å². The smallest absolute Gasteiger partial charge is 0.303 e. The molecule has 0 amide bonds. The third-order valence-corrected chi connectivity index (χ3v) is 4.66. The second kappa shape index (κ2) is 8.30. The average molecular weight is 352 g/mol. The number of benzene rings is 2. The van der Waals surface area contributed by atoms with Crippen molar-refractivity contribution in [2.24, 2.45) is 0 Å². The highest BCUT2D eigenvalue weighted by atomic mass is 16.8. The van der Waals surface area contributed by atoms with Gasteiger partial charge < -0.3 is 14.6 Å². The maximum Gasteiger partial charge on any atom is 0.303 e. The van der Waals surface area contributed by atoms with E-state index in [4.69, 9.17) is 14.6 Å². The summed E-state index contributed by atoms with van der Waals surface area (Å²) in [6.45, 7) is 3.77. The van der Waals surface area contributed by atoms with Gasteiger partial charge in [-0.25, -0.2) is 0 Å². The average Bonchev–Trinajstić information content (AvgIpc) is 3.07. The fraction of sp³-hybridized carbons (Fsp3) is 0.318. The molecule has 0 aliphatic carbocycles. The third-order valence-electron chi connectivity index (χ3n) is 4.66. The van der Waals surface area contributed by atoms with E-state index in [2.05, 4.69) is 6.58 Å². The minimum absolute atomic E-state index is 0.000161. The van der Waals surface area contributed by atoms with Crippen LogP contribution in [0.15, 0.2) is 73.3 Å². The van der Waals surface area contributed by atoms with Crippen molar-refractivity contribution >= 4 is 5.97 Å². The Kier molecular flexibility index (Phi) is 5.86. The lowest BCUT2D eigenvalue weighted by molar-refractivity contribution is -0.189. The number of aliphatic carboxylic acids is 1. The zero-order chi connectivity index (χ0) is 18.4. The first-order chi connectivity index (χ1) is 12.6. The van der Waals surface area contributed by atoms with Crippen LogP contribution in [0.3, 0.4) is 0 Å². The summed E-state index contributed by atoms with van der Waals surface area (Å²) in [5.41, 5.74) is 2.05. The van der Waals surface area contributed by atoms with E-state index in [9.17, 15) is 4.79 Å². The van der Waals surface area contributed by atoms with Crippen LogP contribution >= 0.6 is 0 Å². The van der Waals surface area contributed by atoms with Crippen molar-refractivity contribution in [3.05, 3.63) is 84.4 Å². The lowest BCUT2D eigenvalue weighted by atomic mass is 9.99. The van der Waals surface area contributed by atoms with Crippen molar-refractivity contribution in [3.8, 4) is 0 Å². The Labute approximate surface area is 154 Å². The molecule has 136 valence electrons. The second-order valence-corrected chi connectivity index (χ2v) is 6.53. The number of ether oxygens (including phenoxy) is 2. The third kappa shape index (κ3) is 4.21. The molecule has 2 atom stereocenters. The van der Waals surface area contributed by atoms with Crippen LogP contribution in [0.1, 0.15) is 49.0 Å². The Morgan fingerprint density at radius 3 is 1.88 bits per heavy atom. The van der Waals surface area contributed by atoms with E-state index in [0.717, 1.165) is 11.1 Å². The first-order valence-electron chi connectivity index (χ1n) is 8.92. The van der Waals surface area contributed by atoms with Gasteiger partial charge in [0.1, 0.15) is 12.2 Å². The van der Waals surface area contributed by atoms with Gasteiger partial charge in [-0.3, -0.25) is 4.79 Å². The molecule has 4 heteroatoms. The highest BCUT2D eigenvalue weighted by Crippen LogP contribution is 2.50. The normalized spacial score (nSPS) is 21.4. The molecular formula is C22H24O4. The molecule has 4 nitrogen and oxygen atoms in total. The van der Waals surface area contributed by atoms with Crippen molar-refractivity contribution in [1.29, 1.82) is 0 Å². The molecule has 1 N–H and O–H groups in total. The van der Waals surface area contributed by atoms with Gasteiger partial charge in [0, 0.05) is 12.8 Å². The second-order valence-electron chi connectivity index (χ2n) is 6.53. The lowest BCUT2D eigenvalue weighted by Crippen LogP contribution is -2.31. The molecule has 0 spiro atoms.